The molecule has 0 N–H and O–H groups in total. The Bertz CT molecular complexity index is 699. The van der Waals surface area contributed by atoms with Gasteiger partial charge >= 0.3 is 11.9 Å². The van der Waals surface area contributed by atoms with E-state index >= 15 is 0 Å². The summed E-state index contributed by atoms with van der Waals surface area (Å²) in [7, 11) is 0. The van der Waals surface area contributed by atoms with Crippen LogP contribution in [0, 0.1) is 29.1 Å². The number of rotatable bonds is 15. The molecular formula is C20H25F5O6. The van der Waals surface area contributed by atoms with Gasteiger partial charge in [-0.1, -0.05) is 26.2 Å². The lowest BCUT2D eigenvalue weighted by Gasteiger charge is -2.09. The number of carbonyl (C=O) groups is 2. The van der Waals surface area contributed by atoms with E-state index in [9.17, 15) is 31.5 Å². The molecule has 1 aromatic rings. The number of ether oxygens (including phenoxy) is 4. The fraction of sp³-hybridized carbons (Fsp3) is 0.600. The lowest BCUT2D eigenvalue weighted by molar-refractivity contribution is -0.145. The number of halogens is 5. The second-order valence-electron chi connectivity index (χ2n) is 6.38. The molecule has 0 heterocycles. The van der Waals surface area contributed by atoms with E-state index in [1.54, 1.807) is 0 Å². The number of esters is 2. The van der Waals surface area contributed by atoms with Crippen molar-refractivity contribution >= 4 is 11.9 Å². The van der Waals surface area contributed by atoms with E-state index in [-0.39, 0.29) is 39.0 Å². The first kappa shape index (κ1) is 26.8. The highest BCUT2D eigenvalue weighted by Gasteiger charge is 2.28. The fourth-order valence-corrected chi connectivity index (χ4v) is 2.30. The van der Waals surface area contributed by atoms with Gasteiger partial charge in [-0.05, 0) is 6.42 Å². The van der Waals surface area contributed by atoms with Crippen LogP contribution in [0.15, 0.2) is 0 Å². The molecule has 6 nitrogen and oxygen atoms in total. The molecule has 0 aliphatic carbocycles. The van der Waals surface area contributed by atoms with Crippen molar-refractivity contribution in [1.29, 1.82) is 0 Å². The maximum absolute atomic E-state index is 13.4. The average molecular weight is 456 g/mol. The first-order chi connectivity index (χ1) is 14.8. The molecule has 1 aromatic carbocycles. The summed E-state index contributed by atoms with van der Waals surface area (Å²) in [6, 6.07) is 0. The minimum absolute atomic E-state index is 0.0563. The summed E-state index contributed by atoms with van der Waals surface area (Å²) in [6.45, 7) is 2.28. The summed E-state index contributed by atoms with van der Waals surface area (Å²) in [5.74, 6) is -14.4. The maximum Gasteiger partial charge on any atom is 0.313 e. The van der Waals surface area contributed by atoms with Crippen molar-refractivity contribution in [2.75, 3.05) is 33.0 Å². The second-order valence-corrected chi connectivity index (χ2v) is 6.38. The topological polar surface area (TPSA) is 71.1 Å². The number of benzene rings is 1. The first-order valence-corrected chi connectivity index (χ1v) is 9.82. The lowest BCUT2D eigenvalue weighted by Crippen LogP contribution is -2.16. The van der Waals surface area contributed by atoms with Crippen LogP contribution < -0.4 is 4.74 Å². The third kappa shape index (κ3) is 9.60. The standard InChI is InChI=1S/C20H25F5O6/c1-2-3-4-5-6-13(26)30-12-11-29-10-9-28-8-7-14(27)31-20-18(24)16(22)15(21)17(23)19(20)25/h2-12H2,1H3. The first-order valence-electron chi connectivity index (χ1n) is 9.82. The number of unbranched alkanes of at least 4 members (excludes halogenated alkanes) is 3. The molecule has 0 radical (unpaired) electrons. The Morgan fingerprint density at radius 3 is 1.81 bits per heavy atom. The summed E-state index contributed by atoms with van der Waals surface area (Å²) in [5, 5.41) is 0. The normalized spacial score (nSPS) is 10.9. The third-order valence-corrected chi connectivity index (χ3v) is 3.93. The molecule has 0 saturated carbocycles. The van der Waals surface area contributed by atoms with E-state index in [2.05, 4.69) is 11.7 Å². The van der Waals surface area contributed by atoms with Crippen LogP contribution in [0.2, 0.25) is 0 Å². The van der Waals surface area contributed by atoms with Crippen molar-refractivity contribution in [2.45, 2.75) is 45.4 Å². The summed E-state index contributed by atoms with van der Waals surface area (Å²) >= 11 is 0. The van der Waals surface area contributed by atoms with Crippen molar-refractivity contribution in [3.8, 4) is 5.75 Å². The van der Waals surface area contributed by atoms with Crippen LogP contribution in [-0.4, -0.2) is 45.0 Å². The van der Waals surface area contributed by atoms with Crippen molar-refractivity contribution in [3.05, 3.63) is 29.1 Å². The Morgan fingerprint density at radius 1 is 0.645 bits per heavy atom. The van der Waals surface area contributed by atoms with Gasteiger partial charge in [-0.15, -0.1) is 0 Å². The molecular weight excluding hydrogens is 431 g/mol. The highest BCUT2D eigenvalue weighted by atomic mass is 19.2. The zero-order valence-corrected chi connectivity index (χ0v) is 17.1. The van der Waals surface area contributed by atoms with Crippen LogP contribution in [0.25, 0.3) is 0 Å². The van der Waals surface area contributed by atoms with Crippen molar-refractivity contribution in [3.63, 3.8) is 0 Å². The van der Waals surface area contributed by atoms with E-state index < -0.39 is 47.2 Å². The van der Waals surface area contributed by atoms with Crippen molar-refractivity contribution < 1.29 is 50.5 Å². The predicted molar refractivity (Wildman–Crippen MR) is 97.8 cm³/mol. The van der Waals surface area contributed by atoms with Crippen LogP contribution >= 0.6 is 0 Å². The molecule has 0 unspecified atom stereocenters. The second kappa shape index (κ2) is 14.7. The molecule has 0 bridgehead atoms. The Morgan fingerprint density at radius 2 is 1.19 bits per heavy atom. The van der Waals surface area contributed by atoms with Gasteiger partial charge in [0.1, 0.15) is 6.61 Å². The summed E-state index contributed by atoms with van der Waals surface area (Å²) in [4.78, 5) is 22.9. The molecule has 0 amide bonds. The minimum atomic E-state index is -2.35. The van der Waals surface area contributed by atoms with Gasteiger partial charge in [-0.3, -0.25) is 9.59 Å². The van der Waals surface area contributed by atoms with Gasteiger partial charge in [-0.2, -0.15) is 8.78 Å². The quantitative estimate of drug-likeness (QED) is 0.0983. The van der Waals surface area contributed by atoms with E-state index in [1.807, 2.05) is 0 Å². The Hall–Kier alpha value is -2.27. The summed E-state index contributed by atoms with van der Waals surface area (Å²) < 4.78 is 85.2. The molecule has 1 rings (SSSR count). The van der Waals surface area contributed by atoms with Gasteiger partial charge in [-0.25, -0.2) is 13.2 Å². The molecule has 0 spiro atoms. The van der Waals surface area contributed by atoms with Gasteiger partial charge in [0.25, 0.3) is 0 Å². The monoisotopic (exact) mass is 456 g/mol. The summed E-state index contributed by atoms with van der Waals surface area (Å²) in [6.07, 6.45) is 3.80. The van der Waals surface area contributed by atoms with E-state index in [0.717, 1.165) is 25.7 Å². The van der Waals surface area contributed by atoms with E-state index in [4.69, 9.17) is 14.2 Å². The molecule has 0 saturated heterocycles. The van der Waals surface area contributed by atoms with Gasteiger partial charge in [0.05, 0.1) is 32.8 Å². The predicted octanol–water partition coefficient (Wildman–Crippen LogP) is 4.22. The van der Waals surface area contributed by atoms with E-state index in [0.29, 0.717) is 6.42 Å². The Labute approximate surface area is 176 Å². The smallest absolute Gasteiger partial charge is 0.313 e. The zero-order valence-electron chi connectivity index (χ0n) is 17.1. The molecule has 0 aliphatic heterocycles. The van der Waals surface area contributed by atoms with Crippen molar-refractivity contribution in [1.82, 2.24) is 0 Å². The molecule has 176 valence electrons. The van der Waals surface area contributed by atoms with Gasteiger partial charge in [0, 0.05) is 6.42 Å². The van der Waals surface area contributed by atoms with Crippen LogP contribution in [0.5, 0.6) is 5.75 Å². The Balaban J connectivity index is 2.13. The van der Waals surface area contributed by atoms with Crippen LogP contribution in [-0.2, 0) is 23.8 Å². The molecule has 0 aromatic heterocycles. The number of hydrogen-bond donors (Lipinski definition) is 0. The molecule has 0 fully saturated rings. The largest absolute Gasteiger partial charge is 0.463 e. The molecule has 31 heavy (non-hydrogen) atoms. The fourth-order valence-electron chi connectivity index (χ4n) is 2.30. The lowest BCUT2D eigenvalue weighted by atomic mass is 10.2. The number of carbonyl (C=O) groups excluding carboxylic acids is 2. The van der Waals surface area contributed by atoms with Gasteiger partial charge in [0.2, 0.25) is 34.8 Å². The average Bonchev–Trinajstić information content (AvgIpc) is 2.75. The molecule has 0 atom stereocenters. The van der Waals surface area contributed by atoms with Crippen LogP contribution in [0.4, 0.5) is 22.0 Å². The Kier molecular flexibility index (Phi) is 12.7. The third-order valence-electron chi connectivity index (χ3n) is 3.93. The van der Waals surface area contributed by atoms with Crippen molar-refractivity contribution in [2.24, 2.45) is 0 Å². The van der Waals surface area contributed by atoms with Crippen LogP contribution in [0.1, 0.15) is 45.4 Å². The highest BCUT2D eigenvalue weighted by Crippen LogP contribution is 2.29. The SMILES string of the molecule is CCCCCCC(=O)OCCOCCOCCC(=O)Oc1c(F)c(F)c(F)c(F)c1F. The number of hydrogen-bond acceptors (Lipinski definition) is 6. The van der Waals surface area contributed by atoms with Crippen LogP contribution in [0.3, 0.4) is 0 Å². The zero-order chi connectivity index (χ0) is 23.2. The van der Waals surface area contributed by atoms with E-state index in [1.165, 1.54) is 0 Å². The maximum atomic E-state index is 13.4. The summed E-state index contributed by atoms with van der Waals surface area (Å²) in [5.41, 5.74) is 0. The highest BCUT2D eigenvalue weighted by molar-refractivity contribution is 5.72. The minimum Gasteiger partial charge on any atom is -0.463 e. The van der Waals surface area contributed by atoms with Gasteiger partial charge < -0.3 is 18.9 Å². The molecule has 0 aliphatic rings. The van der Waals surface area contributed by atoms with Gasteiger partial charge in [0.15, 0.2) is 0 Å². The molecule has 11 heteroatoms.